The van der Waals surface area contributed by atoms with E-state index in [9.17, 15) is 4.79 Å². The molecular formula is C30H32O6. The average molecular weight is 489 g/mol. The molecule has 1 unspecified atom stereocenters. The number of rotatable bonds is 9. The summed E-state index contributed by atoms with van der Waals surface area (Å²) in [5.74, 6) is 1.42. The van der Waals surface area contributed by atoms with Gasteiger partial charge in [0.25, 0.3) is 0 Å². The lowest BCUT2D eigenvalue weighted by atomic mass is 9.90. The molecule has 2 atom stereocenters. The molecule has 1 aliphatic heterocycles. The number of aryl methyl sites for hydroxylation is 2. The summed E-state index contributed by atoms with van der Waals surface area (Å²) in [7, 11) is 1.67. The van der Waals surface area contributed by atoms with Gasteiger partial charge < -0.3 is 24.1 Å². The van der Waals surface area contributed by atoms with Crippen molar-refractivity contribution in [3.8, 4) is 28.4 Å². The van der Waals surface area contributed by atoms with Crippen molar-refractivity contribution >= 4 is 5.97 Å². The Balaban J connectivity index is 1.37. The second-order valence-corrected chi connectivity index (χ2v) is 9.60. The van der Waals surface area contributed by atoms with Crippen LogP contribution in [0.3, 0.4) is 0 Å². The van der Waals surface area contributed by atoms with Crippen LogP contribution in [0.1, 0.15) is 52.7 Å². The number of benzene rings is 3. The SMILES string of the molecule is COCCOc1cc(C)c(-c2cccc3c2CC[C@H]3Oc2ccc3c(c2)OCC3CC(=O)O)c(C)c1. The molecule has 0 amide bonds. The van der Waals surface area contributed by atoms with Crippen LogP contribution >= 0.6 is 0 Å². The molecule has 0 fully saturated rings. The van der Waals surface area contributed by atoms with E-state index in [0.717, 1.165) is 35.7 Å². The molecule has 3 aromatic rings. The van der Waals surface area contributed by atoms with Crippen LogP contribution in [0, 0.1) is 13.8 Å². The average Bonchev–Trinajstić information content (AvgIpc) is 3.43. The first-order chi connectivity index (χ1) is 17.4. The highest BCUT2D eigenvalue weighted by Gasteiger charge is 2.30. The fourth-order valence-corrected chi connectivity index (χ4v) is 5.52. The van der Waals surface area contributed by atoms with Crippen molar-refractivity contribution in [3.63, 3.8) is 0 Å². The largest absolute Gasteiger partial charge is 0.492 e. The summed E-state index contributed by atoms with van der Waals surface area (Å²) in [5, 5.41) is 9.14. The molecule has 0 saturated heterocycles. The zero-order valence-electron chi connectivity index (χ0n) is 21.0. The summed E-state index contributed by atoms with van der Waals surface area (Å²) in [6, 6.07) is 16.5. The first-order valence-electron chi connectivity index (χ1n) is 12.4. The van der Waals surface area contributed by atoms with E-state index in [1.165, 1.54) is 33.4 Å². The Hall–Kier alpha value is -3.51. The van der Waals surface area contributed by atoms with Gasteiger partial charge in [0.05, 0.1) is 19.6 Å². The summed E-state index contributed by atoms with van der Waals surface area (Å²) in [6.45, 7) is 5.76. The number of carboxylic acids is 1. The molecule has 0 saturated carbocycles. The summed E-state index contributed by atoms with van der Waals surface area (Å²) < 4.78 is 23.2. The van der Waals surface area contributed by atoms with Crippen LogP contribution in [-0.4, -0.2) is 38.0 Å². The molecule has 1 heterocycles. The van der Waals surface area contributed by atoms with Crippen LogP contribution in [0.4, 0.5) is 0 Å². The minimum atomic E-state index is -0.811. The lowest BCUT2D eigenvalue weighted by Gasteiger charge is -2.18. The second-order valence-electron chi connectivity index (χ2n) is 9.60. The molecule has 0 bridgehead atoms. The van der Waals surface area contributed by atoms with Gasteiger partial charge in [-0.3, -0.25) is 4.79 Å². The van der Waals surface area contributed by atoms with E-state index in [-0.39, 0.29) is 18.4 Å². The third kappa shape index (κ3) is 4.78. The highest BCUT2D eigenvalue weighted by molar-refractivity contribution is 5.76. The summed E-state index contributed by atoms with van der Waals surface area (Å²) >= 11 is 0. The fourth-order valence-electron chi connectivity index (χ4n) is 5.52. The highest BCUT2D eigenvalue weighted by Crippen LogP contribution is 2.44. The maximum absolute atomic E-state index is 11.1. The van der Waals surface area contributed by atoms with E-state index in [0.29, 0.717) is 19.8 Å². The number of carboxylic acid groups (broad SMARTS) is 1. The van der Waals surface area contributed by atoms with Gasteiger partial charge in [-0.25, -0.2) is 0 Å². The standard InChI is InChI=1S/C30H32O6/c1-18-13-22(34-12-11-33-3)14-19(2)30(18)26-6-4-5-25-24(26)9-10-27(25)36-21-7-8-23-20(15-29(31)32)17-35-28(23)16-21/h4-8,13-14,16,20,27H,9-12,15,17H2,1-3H3,(H,31,32)/t20?,27-/m1/s1. The normalized spacial score (nSPS) is 17.9. The molecule has 36 heavy (non-hydrogen) atoms. The lowest BCUT2D eigenvalue weighted by Crippen LogP contribution is -2.07. The fraction of sp³-hybridized carbons (Fsp3) is 0.367. The molecule has 1 aliphatic carbocycles. The van der Waals surface area contributed by atoms with E-state index in [4.69, 9.17) is 24.1 Å². The molecule has 2 aliphatic rings. The summed E-state index contributed by atoms with van der Waals surface area (Å²) in [5.41, 5.74) is 8.38. The number of fused-ring (bicyclic) bond motifs is 2. The van der Waals surface area contributed by atoms with E-state index in [1.807, 2.05) is 18.2 Å². The predicted octanol–water partition coefficient (Wildman–Crippen LogP) is 6.01. The number of methoxy groups -OCH3 is 1. The van der Waals surface area contributed by atoms with Crippen molar-refractivity contribution in [2.45, 2.75) is 45.1 Å². The number of carbonyl (C=O) groups is 1. The van der Waals surface area contributed by atoms with Crippen LogP contribution in [0.5, 0.6) is 17.2 Å². The lowest BCUT2D eigenvalue weighted by molar-refractivity contribution is -0.137. The van der Waals surface area contributed by atoms with Gasteiger partial charge in [-0.05, 0) is 78.3 Å². The number of ether oxygens (including phenoxy) is 4. The Kier molecular flexibility index (Phi) is 6.88. The number of hydrogen-bond donors (Lipinski definition) is 1. The van der Waals surface area contributed by atoms with Crippen LogP contribution < -0.4 is 14.2 Å². The molecule has 5 rings (SSSR count). The van der Waals surface area contributed by atoms with Gasteiger partial charge in [0.15, 0.2) is 0 Å². The highest BCUT2D eigenvalue weighted by atomic mass is 16.5. The van der Waals surface area contributed by atoms with E-state index in [1.54, 1.807) is 7.11 Å². The van der Waals surface area contributed by atoms with Gasteiger partial charge >= 0.3 is 5.97 Å². The van der Waals surface area contributed by atoms with Gasteiger partial charge in [0.1, 0.15) is 30.0 Å². The van der Waals surface area contributed by atoms with Crippen LogP contribution in [-0.2, 0) is 16.0 Å². The smallest absolute Gasteiger partial charge is 0.304 e. The van der Waals surface area contributed by atoms with Crippen molar-refractivity contribution in [1.82, 2.24) is 0 Å². The first-order valence-corrected chi connectivity index (χ1v) is 12.4. The topological polar surface area (TPSA) is 74.2 Å². The van der Waals surface area contributed by atoms with E-state index < -0.39 is 5.97 Å². The van der Waals surface area contributed by atoms with Crippen molar-refractivity contribution in [2.24, 2.45) is 0 Å². The van der Waals surface area contributed by atoms with Crippen LogP contribution in [0.2, 0.25) is 0 Å². The van der Waals surface area contributed by atoms with E-state index in [2.05, 4.69) is 44.2 Å². The maximum atomic E-state index is 11.1. The Morgan fingerprint density at radius 1 is 1.03 bits per heavy atom. The molecule has 6 heteroatoms. The van der Waals surface area contributed by atoms with Crippen molar-refractivity contribution < 1.29 is 28.8 Å². The predicted molar refractivity (Wildman–Crippen MR) is 137 cm³/mol. The first kappa shape index (κ1) is 24.2. The molecule has 6 nitrogen and oxygen atoms in total. The Labute approximate surface area is 211 Å². The van der Waals surface area contributed by atoms with Crippen molar-refractivity contribution in [2.75, 3.05) is 26.9 Å². The van der Waals surface area contributed by atoms with Gasteiger partial charge in [-0.1, -0.05) is 24.3 Å². The zero-order valence-corrected chi connectivity index (χ0v) is 21.0. The van der Waals surface area contributed by atoms with E-state index >= 15 is 0 Å². The van der Waals surface area contributed by atoms with Gasteiger partial charge in [-0.15, -0.1) is 0 Å². The van der Waals surface area contributed by atoms with Crippen LogP contribution in [0.25, 0.3) is 11.1 Å². The summed E-state index contributed by atoms with van der Waals surface area (Å²) in [6.07, 6.45) is 1.89. The molecule has 0 spiro atoms. The third-order valence-corrected chi connectivity index (χ3v) is 7.11. The van der Waals surface area contributed by atoms with Gasteiger partial charge in [0.2, 0.25) is 0 Å². The monoisotopic (exact) mass is 488 g/mol. The minimum absolute atomic E-state index is 0.0357. The Morgan fingerprint density at radius 2 is 1.83 bits per heavy atom. The van der Waals surface area contributed by atoms with Gasteiger partial charge in [0, 0.05) is 24.7 Å². The van der Waals surface area contributed by atoms with Gasteiger partial charge in [-0.2, -0.15) is 0 Å². The molecule has 0 radical (unpaired) electrons. The molecule has 0 aromatic heterocycles. The van der Waals surface area contributed by atoms with Crippen LogP contribution in [0.15, 0.2) is 48.5 Å². The van der Waals surface area contributed by atoms with Crippen molar-refractivity contribution in [3.05, 3.63) is 76.3 Å². The second kappa shape index (κ2) is 10.2. The zero-order chi connectivity index (χ0) is 25.2. The summed E-state index contributed by atoms with van der Waals surface area (Å²) in [4.78, 5) is 11.1. The number of aliphatic carboxylic acids is 1. The molecule has 1 N–H and O–H groups in total. The maximum Gasteiger partial charge on any atom is 0.304 e. The Morgan fingerprint density at radius 3 is 2.58 bits per heavy atom. The number of hydrogen-bond acceptors (Lipinski definition) is 5. The quantitative estimate of drug-likeness (QED) is 0.372. The minimum Gasteiger partial charge on any atom is -0.492 e. The van der Waals surface area contributed by atoms with Crippen molar-refractivity contribution in [1.29, 1.82) is 0 Å². The third-order valence-electron chi connectivity index (χ3n) is 7.11. The molecule has 3 aromatic carbocycles. The Bertz CT molecular complexity index is 1260. The molecular weight excluding hydrogens is 456 g/mol. The molecule has 188 valence electrons.